The predicted molar refractivity (Wildman–Crippen MR) is 103 cm³/mol. The highest BCUT2D eigenvalue weighted by molar-refractivity contribution is 5.91. The highest BCUT2D eigenvalue weighted by Crippen LogP contribution is 2.87. The number of aromatic nitrogens is 2. The molecule has 2 saturated heterocycles. The zero-order valence-corrected chi connectivity index (χ0v) is 15.5. The van der Waals surface area contributed by atoms with Gasteiger partial charge in [0.05, 0.1) is 5.69 Å². The molecule has 2 unspecified atom stereocenters. The third-order valence-electron chi connectivity index (χ3n) is 6.76. The first-order chi connectivity index (χ1) is 13.2. The molecule has 6 rings (SSSR count). The zero-order chi connectivity index (χ0) is 18.4. The van der Waals surface area contributed by atoms with Crippen LogP contribution in [0, 0.1) is 17.3 Å². The Bertz CT molecular complexity index is 862. The van der Waals surface area contributed by atoms with Gasteiger partial charge in [-0.3, -0.25) is 19.7 Å². The van der Waals surface area contributed by atoms with Gasteiger partial charge in [-0.1, -0.05) is 12.1 Å². The van der Waals surface area contributed by atoms with Crippen LogP contribution in [-0.2, 0) is 4.79 Å². The summed E-state index contributed by atoms with van der Waals surface area (Å²) in [5, 5.41) is 3.04. The first-order valence-electron chi connectivity index (χ1n) is 9.74. The predicted octanol–water partition coefficient (Wildman–Crippen LogP) is 2.69. The Morgan fingerprint density at radius 3 is 3.04 bits per heavy atom. The maximum Gasteiger partial charge on any atom is 0.244 e. The second-order valence-corrected chi connectivity index (χ2v) is 7.98. The van der Waals surface area contributed by atoms with Gasteiger partial charge in [-0.05, 0) is 60.4 Å². The third-order valence-corrected chi connectivity index (χ3v) is 6.76. The van der Waals surface area contributed by atoms with Crippen molar-refractivity contribution in [3.8, 4) is 0 Å². The van der Waals surface area contributed by atoms with Crippen molar-refractivity contribution < 1.29 is 4.79 Å². The lowest BCUT2D eigenvalue weighted by molar-refractivity contribution is -0.116. The van der Waals surface area contributed by atoms with E-state index in [2.05, 4.69) is 39.2 Å². The summed E-state index contributed by atoms with van der Waals surface area (Å²) in [4.78, 5) is 23.2. The SMILES string of the molecule is CC(c1ccccn1)N1C[C@@H]2[C@@H]3C1[C@]23CCNC(=O)/C=C/c1cccnc1. The number of piperidine rings is 1. The van der Waals surface area contributed by atoms with Crippen molar-refractivity contribution in [3.05, 3.63) is 66.3 Å². The topological polar surface area (TPSA) is 58.1 Å². The van der Waals surface area contributed by atoms with Crippen LogP contribution in [0.15, 0.2) is 55.0 Å². The van der Waals surface area contributed by atoms with Crippen LogP contribution >= 0.6 is 0 Å². The molecule has 2 aromatic rings. The molecule has 2 bridgehead atoms. The fraction of sp³-hybridized carbons (Fsp3) is 0.409. The van der Waals surface area contributed by atoms with Gasteiger partial charge in [0.2, 0.25) is 5.91 Å². The molecule has 4 aliphatic rings. The Balaban J connectivity index is 1.12. The summed E-state index contributed by atoms with van der Waals surface area (Å²) in [5.41, 5.74) is 2.57. The Hall–Kier alpha value is -2.53. The Morgan fingerprint density at radius 1 is 1.37 bits per heavy atom. The first-order valence-corrected chi connectivity index (χ1v) is 9.74. The molecular weight excluding hydrogens is 336 g/mol. The van der Waals surface area contributed by atoms with E-state index in [0.717, 1.165) is 36.1 Å². The summed E-state index contributed by atoms with van der Waals surface area (Å²) in [7, 11) is 0. The summed E-state index contributed by atoms with van der Waals surface area (Å²) in [5.74, 6) is 1.65. The second-order valence-electron chi connectivity index (χ2n) is 7.98. The van der Waals surface area contributed by atoms with Crippen molar-refractivity contribution >= 4 is 12.0 Å². The van der Waals surface area contributed by atoms with Crippen LogP contribution in [0.5, 0.6) is 0 Å². The third kappa shape index (κ3) is 2.69. The average Bonchev–Trinajstić information content (AvgIpc) is 3.41. The van der Waals surface area contributed by atoms with E-state index in [1.165, 1.54) is 6.54 Å². The molecule has 2 aliphatic heterocycles. The van der Waals surface area contributed by atoms with Gasteiger partial charge in [-0.25, -0.2) is 0 Å². The summed E-state index contributed by atoms with van der Waals surface area (Å²) in [6.45, 7) is 4.20. The molecule has 27 heavy (non-hydrogen) atoms. The minimum absolute atomic E-state index is 0.0286. The zero-order valence-electron chi connectivity index (χ0n) is 15.5. The molecule has 2 aromatic heterocycles. The van der Waals surface area contributed by atoms with E-state index in [1.54, 1.807) is 24.5 Å². The Morgan fingerprint density at radius 2 is 2.30 bits per heavy atom. The largest absolute Gasteiger partial charge is 0.353 e. The summed E-state index contributed by atoms with van der Waals surface area (Å²) in [6.07, 6.45) is 9.84. The normalized spacial score (nSPS) is 31.5. The molecule has 0 radical (unpaired) electrons. The van der Waals surface area contributed by atoms with E-state index in [1.807, 2.05) is 24.4 Å². The van der Waals surface area contributed by atoms with Crippen LogP contribution in [-0.4, -0.2) is 39.9 Å². The lowest BCUT2D eigenvalue weighted by atomic mass is 10.0. The highest BCUT2D eigenvalue weighted by Gasteiger charge is 2.91. The van der Waals surface area contributed by atoms with Crippen LogP contribution in [0.25, 0.3) is 6.08 Å². The van der Waals surface area contributed by atoms with E-state index in [0.29, 0.717) is 17.5 Å². The molecule has 5 heteroatoms. The Kier molecular flexibility index (Phi) is 3.86. The lowest BCUT2D eigenvalue weighted by Gasteiger charge is -2.24. The number of rotatable bonds is 7. The lowest BCUT2D eigenvalue weighted by Crippen LogP contribution is -2.28. The van der Waals surface area contributed by atoms with Gasteiger partial charge in [0.25, 0.3) is 0 Å². The monoisotopic (exact) mass is 360 g/mol. The average molecular weight is 360 g/mol. The second kappa shape index (κ2) is 6.27. The maximum absolute atomic E-state index is 12.0. The number of fused-ring (bicyclic) bond motifs is 1. The number of nitrogens with zero attached hydrogens (tertiary/aromatic N) is 3. The van der Waals surface area contributed by atoms with Crippen LogP contribution in [0.1, 0.15) is 30.6 Å². The number of nitrogens with one attached hydrogen (secondary N) is 1. The van der Waals surface area contributed by atoms with E-state index in [-0.39, 0.29) is 5.91 Å². The van der Waals surface area contributed by atoms with Gasteiger partial charge in [0.1, 0.15) is 0 Å². The minimum Gasteiger partial charge on any atom is -0.353 e. The number of pyridine rings is 2. The molecule has 2 saturated carbocycles. The number of carbonyl (C=O) groups excluding carboxylic acids is 1. The van der Waals surface area contributed by atoms with Crippen molar-refractivity contribution in [2.24, 2.45) is 17.3 Å². The molecule has 138 valence electrons. The molecule has 4 fully saturated rings. The van der Waals surface area contributed by atoms with Gasteiger partial charge in [0, 0.05) is 49.8 Å². The number of carbonyl (C=O) groups is 1. The summed E-state index contributed by atoms with van der Waals surface area (Å²) < 4.78 is 0. The molecular formula is C22H24N4O. The molecule has 5 nitrogen and oxygen atoms in total. The van der Waals surface area contributed by atoms with Crippen molar-refractivity contribution in [2.75, 3.05) is 13.1 Å². The van der Waals surface area contributed by atoms with E-state index in [4.69, 9.17) is 0 Å². The quantitative estimate of drug-likeness (QED) is 0.772. The number of hydrogen-bond donors (Lipinski definition) is 1. The van der Waals surface area contributed by atoms with Crippen molar-refractivity contribution in [1.82, 2.24) is 20.2 Å². The fourth-order valence-electron chi connectivity index (χ4n) is 5.30. The summed E-state index contributed by atoms with van der Waals surface area (Å²) >= 11 is 0. The number of hydrogen-bond acceptors (Lipinski definition) is 4. The molecule has 2 aliphatic carbocycles. The van der Waals surface area contributed by atoms with Crippen molar-refractivity contribution in [1.29, 1.82) is 0 Å². The molecule has 0 aromatic carbocycles. The van der Waals surface area contributed by atoms with Crippen LogP contribution < -0.4 is 5.32 Å². The van der Waals surface area contributed by atoms with Gasteiger partial charge in [-0.2, -0.15) is 0 Å². The smallest absolute Gasteiger partial charge is 0.244 e. The van der Waals surface area contributed by atoms with E-state index < -0.39 is 0 Å². The summed E-state index contributed by atoms with van der Waals surface area (Å²) in [6, 6.07) is 11.0. The van der Waals surface area contributed by atoms with E-state index >= 15 is 0 Å². The standard InChI is InChI=1S/C22H24N4O/c1-15(18-6-2-3-11-24-18)26-14-17-20-21(26)22(17,20)9-12-25-19(27)8-7-16-5-4-10-23-13-16/h2-8,10-11,13,15,17,20-21H,9,12,14H2,1H3,(H,25,27)/b8-7+/t15?,17-,20-,21?,22-/m1/s1. The molecule has 1 N–H and O–H groups in total. The van der Waals surface area contributed by atoms with Gasteiger partial charge < -0.3 is 5.32 Å². The van der Waals surface area contributed by atoms with Crippen LogP contribution in [0.3, 0.4) is 0 Å². The fourth-order valence-corrected chi connectivity index (χ4v) is 5.30. The Labute approximate surface area is 159 Å². The minimum atomic E-state index is -0.0286. The van der Waals surface area contributed by atoms with Crippen LogP contribution in [0.2, 0.25) is 0 Å². The van der Waals surface area contributed by atoms with Crippen molar-refractivity contribution in [2.45, 2.75) is 25.4 Å². The number of amides is 1. The first kappa shape index (κ1) is 16.6. The van der Waals surface area contributed by atoms with Crippen molar-refractivity contribution in [3.63, 3.8) is 0 Å². The molecule has 0 spiro atoms. The van der Waals surface area contributed by atoms with E-state index in [9.17, 15) is 4.79 Å². The molecule has 1 amide bonds. The van der Waals surface area contributed by atoms with Crippen LogP contribution in [0.4, 0.5) is 0 Å². The van der Waals surface area contributed by atoms with Gasteiger partial charge in [0.15, 0.2) is 0 Å². The maximum atomic E-state index is 12.0. The van der Waals surface area contributed by atoms with Gasteiger partial charge >= 0.3 is 0 Å². The molecule has 5 atom stereocenters. The highest BCUT2D eigenvalue weighted by atomic mass is 16.1. The van der Waals surface area contributed by atoms with Gasteiger partial charge in [-0.15, -0.1) is 0 Å². The molecule has 4 heterocycles.